The van der Waals surface area contributed by atoms with E-state index in [4.69, 9.17) is 5.73 Å². The second kappa shape index (κ2) is 6.37. The molecule has 0 bridgehead atoms. The third kappa shape index (κ3) is 2.86. The molecule has 0 saturated carbocycles. The monoisotopic (exact) mass is 410 g/mol. The molecule has 3 aromatic rings. The zero-order chi connectivity index (χ0) is 21.0. The van der Waals surface area contributed by atoms with Crippen LogP contribution in [0.1, 0.15) is 21.6 Å². The second-order valence-corrected chi connectivity index (χ2v) is 8.47. The number of carbonyl (C=O) groups is 1. The summed E-state index contributed by atoms with van der Waals surface area (Å²) >= 11 is 0. The number of rotatable bonds is 3. The summed E-state index contributed by atoms with van der Waals surface area (Å²) in [6.45, 7) is 3.68. The van der Waals surface area contributed by atoms with Crippen LogP contribution in [0.3, 0.4) is 0 Å². The van der Waals surface area contributed by atoms with Crippen LogP contribution in [0, 0.1) is 13.8 Å². The van der Waals surface area contributed by atoms with E-state index >= 15 is 0 Å². The van der Waals surface area contributed by atoms with Gasteiger partial charge >= 0.3 is 5.51 Å². The molecule has 0 fully saturated rings. The number of aromatic nitrogens is 1. The fourth-order valence-corrected chi connectivity index (χ4v) is 4.13. The van der Waals surface area contributed by atoms with Crippen molar-refractivity contribution in [2.75, 3.05) is 0 Å². The summed E-state index contributed by atoms with van der Waals surface area (Å²) in [7, 11) is -3.91. The van der Waals surface area contributed by atoms with Gasteiger partial charge in [-0.15, -0.1) is 0 Å². The normalized spacial score (nSPS) is 12.5. The minimum Gasteiger partial charge on any atom is -0.364 e. The summed E-state index contributed by atoms with van der Waals surface area (Å²) in [5.74, 6) is -0.769. The Morgan fingerprint density at radius 3 is 2.32 bits per heavy atom. The van der Waals surface area contributed by atoms with Crippen molar-refractivity contribution in [2.24, 2.45) is 12.8 Å². The van der Waals surface area contributed by atoms with Crippen LogP contribution in [-0.2, 0) is 16.9 Å². The van der Waals surface area contributed by atoms with Gasteiger partial charge in [0, 0.05) is 23.5 Å². The van der Waals surface area contributed by atoms with Crippen molar-refractivity contribution in [3.8, 4) is 11.1 Å². The number of primary amides is 1. The fraction of sp³-hybridized carbons (Fsp3) is 0.211. The van der Waals surface area contributed by atoms with Crippen molar-refractivity contribution in [1.29, 1.82) is 0 Å². The van der Waals surface area contributed by atoms with Crippen LogP contribution >= 0.6 is 0 Å². The molecule has 148 valence electrons. The minimum atomic E-state index is -5.53. The predicted molar refractivity (Wildman–Crippen MR) is 99.6 cm³/mol. The highest BCUT2D eigenvalue weighted by Crippen LogP contribution is 2.39. The third-order valence-electron chi connectivity index (χ3n) is 4.87. The van der Waals surface area contributed by atoms with Gasteiger partial charge in [-0.05, 0) is 48.7 Å². The van der Waals surface area contributed by atoms with Gasteiger partial charge in [0.25, 0.3) is 15.7 Å². The Bertz CT molecular complexity index is 1230. The van der Waals surface area contributed by atoms with Crippen LogP contribution in [0.4, 0.5) is 13.2 Å². The first-order valence-electron chi connectivity index (χ1n) is 8.18. The quantitative estimate of drug-likeness (QED) is 0.712. The molecule has 5 nitrogen and oxygen atoms in total. The van der Waals surface area contributed by atoms with Gasteiger partial charge in [-0.3, -0.25) is 4.79 Å². The molecule has 2 aromatic carbocycles. The molecule has 0 aliphatic rings. The lowest BCUT2D eigenvalue weighted by Crippen LogP contribution is -2.23. The molecule has 9 heteroatoms. The Kier molecular flexibility index (Phi) is 4.54. The standard InChI is InChI=1S/C19H17F3N2O3S/c1-10-7-8-14-15(11(10)2)16(17(18(23)25)24(14)3)12-5-4-6-13(9-12)28(26,27)19(20,21)22/h4-9H,1-3H3,(H2,23,25). The predicted octanol–water partition coefficient (Wildman–Crippen LogP) is 3.85. The Morgan fingerprint density at radius 1 is 1.11 bits per heavy atom. The summed E-state index contributed by atoms with van der Waals surface area (Å²) in [5.41, 5.74) is 3.07. The van der Waals surface area contributed by atoms with Gasteiger partial charge < -0.3 is 10.3 Å². The number of alkyl halides is 3. The minimum absolute atomic E-state index is 0.0882. The number of nitrogens with two attached hydrogens (primary N) is 1. The Hall–Kier alpha value is -2.81. The van der Waals surface area contributed by atoms with Gasteiger partial charge in [0.1, 0.15) is 5.69 Å². The molecule has 1 heterocycles. The molecular weight excluding hydrogens is 393 g/mol. The summed E-state index contributed by atoms with van der Waals surface area (Å²) < 4.78 is 64.1. The zero-order valence-corrected chi connectivity index (χ0v) is 16.1. The van der Waals surface area contributed by atoms with E-state index in [9.17, 15) is 26.4 Å². The third-order valence-corrected chi connectivity index (χ3v) is 6.35. The van der Waals surface area contributed by atoms with E-state index in [1.807, 2.05) is 19.9 Å². The number of carbonyl (C=O) groups excluding carboxylic acids is 1. The van der Waals surface area contributed by atoms with E-state index in [0.29, 0.717) is 16.5 Å². The molecule has 2 N–H and O–H groups in total. The van der Waals surface area contributed by atoms with Crippen LogP contribution in [0.25, 0.3) is 22.0 Å². The number of aryl methyl sites for hydroxylation is 3. The van der Waals surface area contributed by atoms with Crippen molar-refractivity contribution in [3.05, 3.63) is 53.2 Å². The van der Waals surface area contributed by atoms with Crippen LogP contribution in [0.5, 0.6) is 0 Å². The van der Waals surface area contributed by atoms with Gasteiger partial charge in [0.15, 0.2) is 0 Å². The van der Waals surface area contributed by atoms with Gasteiger partial charge in [0.05, 0.1) is 4.90 Å². The Morgan fingerprint density at radius 2 is 1.75 bits per heavy atom. The van der Waals surface area contributed by atoms with E-state index in [2.05, 4.69) is 0 Å². The lowest BCUT2D eigenvalue weighted by atomic mass is 9.96. The van der Waals surface area contributed by atoms with Gasteiger partial charge in [0.2, 0.25) is 0 Å². The molecule has 0 radical (unpaired) electrons. The zero-order valence-electron chi connectivity index (χ0n) is 15.3. The second-order valence-electron chi connectivity index (χ2n) is 6.53. The molecule has 0 aliphatic heterocycles. The maximum Gasteiger partial charge on any atom is 0.501 e. The van der Waals surface area contributed by atoms with Crippen LogP contribution in [0.15, 0.2) is 41.3 Å². The lowest BCUT2D eigenvalue weighted by molar-refractivity contribution is -0.0436. The Labute approximate surface area is 159 Å². The smallest absolute Gasteiger partial charge is 0.364 e. The van der Waals surface area contributed by atoms with Crippen LogP contribution in [-0.4, -0.2) is 24.4 Å². The Balaban J connectivity index is 2.43. The first-order chi connectivity index (χ1) is 12.9. The highest BCUT2D eigenvalue weighted by Gasteiger charge is 2.47. The maximum absolute atomic E-state index is 13.0. The average molecular weight is 410 g/mol. The number of hydrogen-bond acceptors (Lipinski definition) is 3. The van der Waals surface area contributed by atoms with E-state index in [1.54, 1.807) is 17.7 Å². The number of amides is 1. The molecule has 3 rings (SSSR count). The number of nitrogens with zero attached hydrogens (tertiary/aromatic N) is 1. The number of fused-ring (bicyclic) bond motifs is 1. The van der Waals surface area contributed by atoms with Gasteiger partial charge in [-0.2, -0.15) is 13.2 Å². The molecule has 0 saturated heterocycles. The summed E-state index contributed by atoms with van der Waals surface area (Å²) in [6.07, 6.45) is 0. The van der Waals surface area contributed by atoms with E-state index in [1.165, 1.54) is 12.1 Å². The van der Waals surface area contributed by atoms with Crippen molar-refractivity contribution < 1.29 is 26.4 Å². The number of sulfone groups is 1. The van der Waals surface area contributed by atoms with Gasteiger partial charge in [-0.25, -0.2) is 8.42 Å². The van der Waals surface area contributed by atoms with E-state index in [-0.39, 0.29) is 11.3 Å². The fourth-order valence-electron chi connectivity index (χ4n) is 3.33. The number of benzene rings is 2. The maximum atomic E-state index is 13.0. The van der Waals surface area contributed by atoms with Crippen LogP contribution < -0.4 is 5.73 Å². The molecule has 0 aliphatic carbocycles. The summed E-state index contributed by atoms with van der Waals surface area (Å²) in [6, 6.07) is 8.10. The molecule has 1 amide bonds. The molecular formula is C19H17F3N2O3S. The lowest BCUT2D eigenvalue weighted by Gasteiger charge is -2.11. The van der Waals surface area contributed by atoms with Gasteiger partial charge in [-0.1, -0.05) is 18.2 Å². The number of hydrogen-bond donors (Lipinski definition) is 1. The van der Waals surface area contributed by atoms with Crippen molar-refractivity contribution in [3.63, 3.8) is 0 Å². The van der Waals surface area contributed by atoms with E-state index in [0.717, 1.165) is 23.3 Å². The first-order valence-corrected chi connectivity index (χ1v) is 9.66. The molecule has 0 unspecified atom stereocenters. The molecule has 1 aromatic heterocycles. The topological polar surface area (TPSA) is 82.2 Å². The first kappa shape index (κ1) is 19.9. The number of halogens is 3. The summed E-state index contributed by atoms with van der Waals surface area (Å²) in [4.78, 5) is 11.2. The van der Waals surface area contributed by atoms with Crippen molar-refractivity contribution >= 4 is 26.6 Å². The largest absolute Gasteiger partial charge is 0.501 e. The molecule has 0 atom stereocenters. The summed E-state index contributed by atoms with van der Waals surface area (Å²) in [5, 5.41) is 0.637. The van der Waals surface area contributed by atoms with Crippen molar-refractivity contribution in [1.82, 2.24) is 4.57 Å². The average Bonchev–Trinajstić information content (AvgIpc) is 2.90. The van der Waals surface area contributed by atoms with Crippen molar-refractivity contribution in [2.45, 2.75) is 24.3 Å². The highest BCUT2D eigenvalue weighted by molar-refractivity contribution is 7.92. The highest BCUT2D eigenvalue weighted by atomic mass is 32.2. The molecule has 0 spiro atoms. The SMILES string of the molecule is Cc1ccc2c(c1C)c(-c1cccc(S(=O)(=O)C(F)(F)F)c1)c(C(N)=O)n2C. The van der Waals surface area contributed by atoms with E-state index < -0.39 is 26.1 Å². The molecule has 28 heavy (non-hydrogen) atoms. The van der Waals surface area contributed by atoms with Crippen LogP contribution in [0.2, 0.25) is 0 Å².